The summed E-state index contributed by atoms with van der Waals surface area (Å²) in [7, 11) is 0. The van der Waals surface area contributed by atoms with E-state index in [1.165, 1.54) is 121 Å². The summed E-state index contributed by atoms with van der Waals surface area (Å²) in [5.74, 6) is 0. The number of rotatable bonds is 4. The lowest BCUT2D eigenvalue weighted by atomic mass is 9.98. The fourth-order valence-corrected chi connectivity index (χ4v) is 9.99. The Kier molecular flexibility index (Phi) is 20.0. The second-order valence-electron chi connectivity index (χ2n) is 20.9. The van der Waals surface area contributed by atoms with Crippen LogP contribution in [0.2, 0.25) is 0 Å². The van der Waals surface area contributed by atoms with Crippen LogP contribution in [0.4, 0.5) is 0 Å². The maximum Gasteiger partial charge on any atom is -0.0105 e. The zero-order valence-corrected chi connectivity index (χ0v) is 48.2. The van der Waals surface area contributed by atoms with E-state index in [4.69, 9.17) is 0 Å². The molecule has 0 nitrogen and oxygen atoms in total. The Morgan fingerprint density at radius 2 is 0.512 bits per heavy atom. The van der Waals surface area contributed by atoms with Crippen LogP contribution in [0.5, 0.6) is 0 Å². The van der Waals surface area contributed by atoms with Crippen LogP contribution in [-0.4, -0.2) is 0 Å². The highest BCUT2D eigenvalue weighted by Gasteiger charge is 2.04. The van der Waals surface area contributed by atoms with Gasteiger partial charge in [0.2, 0.25) is 0 Å². The molecule has 0 heteroatoms. The predicted molar refractivity (Wildman–Crippen MR) is 359 cm³/mol. The average molecular weight is 1060 g/mol. The molecule has 0 spiro atoms. The zero-order chi connectivity index (χ0) is 56.9. The summed E-state index contributed by atoms with van der Waals surface area (Å²) in [4.78, 5) is 0. The molecule has 14 rings (SSSR count). The molecule has 0 unspecified atom stereocenters. The molecule has 0 saturated heterocycles. The first-order valence-corrected chi connectivity index (χ1v) is 28.4. The van der Waals surface area contributed by atoms with Gasteiger partial charge in [0.1, 0.15) is 0 Å². The third kappa shape index (κ3) is 15.9. The molecule has 0 radical (unpaired) electrons. The normalized spacial score (nSPS) is 10.3. The van der Waals surface area contributed by atoms with Crippen molar-refractivity contribution in [1.29, 1.82) is 0 Å². The van der Waals surface area contributed by atoms with Crippen molar-refractivity contribution in [2.45, 2.75) is 41.5 Å². The van der Waals surface area contributed by atoms with Crippen molar-refractivity contribution in [1.82, 2.24) is 0 Å². The monoisotopic (exact) mass is 1060 g/mol. The first-order chi connectivity index (χ1) is 40.1. The molecule has 400 valence electrons. The molecule has 0 N–H and O–H groups in total. The van der Waals surface area contributed by atoms with Crippen LogP contribution < -0.4 is 0 Å². The fourth-order valence-electron chi connectivity index (χ4n) is 9.99. The van der Waals surface area contributed by atoms with Crippen molar-refractivity contribution in [3.05, 3.63) is 361 Å². The van der Waals surface area contributed by atoms with Gasteiger partial charge < -0.3 is 0 Å². The molecule has 0 aliphatic rings. The number of hydrogen-bond donors (Lipinski definition) is 0. The SMILES string of the molecule is Cc1ccc(-c2ccc3ccccc3c2)cc1.Cc1ccc(-c2cccc3ccccc23)cc1.Cc1ccc2ccccc2c1.Cc1cccc(-c2ccccc2)c1.Cc1cccc2ccccc12.Cc1ccccc1-c1ccccc1. The Labute approximate surface area is 487 Å². The molecule has 0 aliphatic carbocycles. The second-order valence-corrected chi connectivity index (χ2v) is 20.9. The molecule has 0 saturated carbocycles. The Morgan fingerprint density at radius 1 is 0.159 bits per heavy atom. The van der Waals surface area contributed by atoms with Gasteiger partial charge in [0.05, 0.1) is 0 Å². The summed E-state index contributed by atoms with van der Waals surface area (Å²) in [6.07, 6.45) is 0. The number of fused-ring (bicyclic) bond motifs is 4. The van der Waals surface area contributed by atoms with Gasteiger partial charge in [-0.05, 0) is 146 Å². The van der Waals surface area contributed by atoms with E-state index in [1.54, 1.807) is 0 Å². The van der Waals surface area contributed by atoms with Gasteiger partial charge in [-0.25, -0.2) is 0 Å². The molecular weight excluding hydrogens is 985 g/mol. The molecular formula is C82H72. The highest BCUT2D eigenvalue weighted by atomic mass is 14.1. The van der Waals surface area contributed by atoms with Crippen molar-refractivity contribution < 1.29 is 0 Å². The molecule has 0 aromatic heterocycles. The van der Waals surface area contributed by atoms with Crippen molar-refractivity contribution in [3.8, 4) is 44.5 Å². The minimum absolute atomic E-state index is 1.28. The van der Waals surface area contributed by atoms with E-state index in [0.29, 0.717) is 0 Å². The zero-order valence-electron chi connectivity index (χ0n) is 48.2. The lowest BCUT2D eigenvalue weighted by Crippen LogP contribution is -1.81. The third-order valence-electron chi connectivity index (χ3n) is 14.6. The first kappa shape index (κ1) is 56.8. The lowest BCUT2D eigenvalue weighted by Gasteiger charge is -2.07. The van der Waals surface area contributed by atoms with Crippen molar-refractivity contribution >= 4 is 43.1 Å². The number of benzene rings is 14. The van der Waals surface area contributed by atoms with Crippen molar-refractivity contribution in [2.75, 3.05) is 0 Å². The second kappa shape index (κ2) is 28.8. The number of hydrogen-bond acceptors (Lipinski definition) is 0. The molecule has 14 aromatic carbocycles. The number of aryl methyl sites for hydroxylation is 6. The van der Waals surface area contributed by atoms with Crippen LogP contribution in [-0.2, 0) is 0 Å². The summed E-state index contributed by atoms with van der Waals surface area (Å²) < 4.78 is 0. The van der Waals surface area contributed by atoms with E-state index < -0.39 is 0 Å². The molecule has 0 aliphatic heterocycles. The van der Waals surface area contributed by atoms with Gasteiger partial charge in [0.15, 0.2) is 0 Å². The molecule has 82 heavy (non-hydrogen) atoms. The smallest absolute Gasteiger partial charge is 0.0105 e. The molecule has 0 heterocycles. The van der Waals surface area contributed by atoms with E-state index in [1.807, 2.05) is 12.1 Å². The van der Waals surface area contributed by atoms with Crippen LogP contribution in [0.15, 0.2) is 328 Å². The first-order valence-electron chi connectivity index (χ1n) is 28.4. The summed E-state index contributed by atoms with van der Waals surface area (Å²) in [6, 6.07) is 115. The molecule has 0 fully saturated rings. The minimum atomic E-state index is 1.28. The van der Waals surface area contributed by atoms with Crippen molar-refractivity contribution in [3.63, 3.8) is 0 Å². The van der Waals surface area contributed by atoms with E-state index in [2.05, 4.69) is 357 Å². The van der Waals surface area contributed by atoms with E-state index >= 15 is 0 Å². The maximum absolute atomic E-state index is 2.25. The van der Waals surface area contributed by atoms with Gasteiger partial charge in [-0.15, -0.1) is 0 Å². The lowest BCUT2D eigenvalue weighted by molar-refractivity contribution is 1.46. The quantitative estimate of drug-likeness (QED) is 0.165. The largest absolute Gasteiger partial charge is 0.0622 e. The standard InChI is InChI=1S/2C17H14.2C13H12.2C11H10/c1-13-9-11-15(12-10-13)17-8-4-6-14-5-2-3-7-16(14)17;1-13-6-8-15(9-7-13)17-11-10-14-4-2-3-5-16(14)12-17;1-11-7-5-6-10-13(11)12-8-3-2-4-9-12;1-11-6-5-9-13(10-11)12-7-3-2-4-8-12;1-9-5-4-7-10-6-2-3-8-11(9)10;1-9-6-7-10-4-2-3-5-11(10)8-9/h2*2-12H,1H3;2*2-10H,1H3;2*2-8H,1H3. The highest BCUT2D eigenvalue weighted by molar-refractivity contribution is 5.96. The highest BCUT2D eigenvalue weighted by Crippen LogP contribution is 2.29. The summed E-state index contributed by atoms with van der Waals surface area (Å²) >= 11 is 0. The summed E-state index contributed by atoms with van der Waals surface area (Å²) in [5.41, 5.74) is 18.3. The van der Waals surface area contributed by atoms with Gasteiger partial charge in [-0.3, -0.25) is 0 Å². The molecule has 0 amide bonds. The Bertz CT molecular complexity index is 4220. The van der Waals surface area contributed by atoms with E-state index in [-0.39, 0.29) is 0 Å². The average Bonchev–Trinajstić information content (AvgIpc) is 3.72. The van der Waals surface area contributed by atoms with Crippen LogP contribution >= 0.6 is 0 Å². The third-order valence-corrected chi connectivity index (χ3v) is 14.6. The Morgan fingerprint density at radius 3 is 1.12 bits per heavy atom. The van der Waals surface area contributed by atoms with Crippen LogP contribution in [0.1, 0.15) is 33.4 Å². The van der Waals surface area contributed by atoms with E-state index in [9.17, 15) is 0 Å². The fraction of sp³-hybridized carbons (Fsp3) is 0.0732. The van der Waals surface area contributed by atoms with E-state index in [0.717, 1.165) is 0 Å². The molecule has 14 aromatic rings. The topological polar surface area (TPSA) is 0 Å². The van der Waals surface area contributed by atoms with Crippen LogP contribution in [0.25, 0.3) is 87.6 Å². The Hall–Kier alpha value is -9.88. The predicted octanol–water partition coefficient (Wildman–Crippen LogP) is 23.3. The molecule has 0 atom stereocenters. The summed E-state index contributed by atoms with van der Waals surface area (Å²) in [6.45, 7) is 12.8. The summed E-state index contributed by atoms with van der Waals surface area (Å²) in [5, 5.41) is 10.5. The van der Waals surface area contributed by atoms with Gasteiger partial charge in [0, 0.05) is 0 Å². The van der Waals surface area contributed by atoms with Gasteiger partial charge in [-0.1, -0.05) is 344 Å². The minimum Gasteiger partial charge on any atom is -0.0622 e. The Balaban J connectivity index is 0.000000120. The van der Waals surface area contributed by atoms with Crippen LogP contribution in [0, 0.1) is 41.5 Å². The maximum atomic E-state index is 2.25. The molecule has 0 bridgehead atoms. The van der Waals surface area contributed by atoms with Gasteiger partial charge >= 0.3 is 0 Å². The van der Waals surface area contributed by atoms with Gasteiger partial charge in [0.25, 0.3) is 0 Å². The van der Waals surface area contributed by atoms with Crippen molar-refractivity contribution in [2.24, 2.45) is 0 Å². The van der Waals surface area contributed by atoms with Gasteiger partial charge in [-0.2, -0.15) is 0 Å². The van der Waals surface area contributed by atoms with Crippen LogP contribution in [0.3, 0.4) is 0 Å².